The van der Waals surface area contributed by atoms with Gasteiger partial charge in [0.05, 0.1) is 0 Å². The zero-order valence-corrected chi connectivity index (χ0v) is 9.58. The molecule has 0 bridgehead atoms. The molecule has 2 aliphatic rings. The van der Waals surface area contributed by atoms with Gasteiger partial charge in [-0.3, -0.25) is 4.90 Å². The highest BCUT2D eigenvalue weighted by molar-refractivity contribution is 4.90. The molecule has 2 rings (SSSR count). The molecule has 2 fully saturated rings. The summed E-state index contributed by atoms with van der Waals surface area (Å²) in [5.41, 5.74) is 6.18. The van der Waals surface area contributed by atoms with Gasteiger partial charge in [-0.15, -0.1) is 0 Å². The molecular weight excluding hydrogens is 172 g/mol. The van der Waals surface area contributed by atoms with Crippen molar-refractivity contribution in [3.05, 3.63) is 0 Å². The fraction of sp³-hybridized carbons (Fsp3) is 1.00. The molecule has 2 atom stereocenters. The van der Waals surface area contributed by atoms with Crippen LogP contribution in [0.5, 0.6) is 0 Å². The van der Waals surface area contributed by atoms with Gasteiger partial charge in [0, 0.05) is 18.6 Å². The molecule has 0 amide bonds. The van der Waals surface area contributed by atoms with Crippen LogP contribution in [0.1, 0.15) is 39.5 Å². The van der Waals surface area contributed by atoms with Crippen LogP contribution in [0.3, 0.4) is 0 Å². The van der Waals surface area contributed by atoms with Crippen molar-refractivity contribution in [1.29, 1.82) is 0 Å². The van der Waals surface area contributed by atoms with E-state index in [2.05, 4.69) is 18.7 Å². The van der Waals surface area contributed by atoms with Gasteiger partial charge in [-0.25, -0.2) is 0 Å². The lowest BCUT2D eigenvalue weighted by Gasteiger charge is -2.29. The molecule has 82 valence electrons. The first-order valence-electron chi connectivity index (χ1n) is 6.18. The SMILES string of the molecule is CC(C)C1CCCN1CC(N)C1CC1. The molecular formula is C12H24N2. The van der Waals surface area contributed by atoms with E-state index in [1.54, 1.807) is 0 Å². The number of nitrogens with zero attached hydrogens (tertiary/aromatic N) is 1. The van der Waals surface area contributed by atoms with E-state index in [0.29, 0.717) is 6.04 Å². The molecule has 1 aliphatic carbocycles. The van der Waals surface area contributed by atoms with Crippen molar-refractivity contribution in [2.24, 2.45) is 17.6 Å². The highest BCUT2D eigenvalue weighted by atomic mass is 15.2. The second kappa shape index (κ2) is 4.19. The Kier molecular flexibility index (Phi) is 3.13. The summed E-state index contributed by atoms with van der Waals surface area (Å²) in [6, 6.07) is 1.26. The van der Waals surface area contributed by atoms with Crippen molar-refractivity contribution < 1.29 is 0 Å². The Morgan fingerprint density at radius 1 is 1.29 bits per heavy atom. The van der Waals surface area contributed by atoms with Gasteiger partial charge in [-0.2, -0.15) is 0 Å². The predicted octanol–water partition coefficient (Wildman–Crippen LogP) is 1.84. The monoisotopic (exact) mass is 196 g/mol. The fourth-order valence-corrected chi connectivity index (χ4v) is 2.78. The summed E-state index contributed by atoms with van der Waals surface area (Å²) in [6.45, 7) is 7.11. The average molecular weight is 196 g/mol. The van der Waals surface area contributed by atoms with Crippen molar-refractivity contribution in [1.82, 2.24) is 4.90 Å². The van der Waals surface area contributed by atoms with Crippen molar-refractivity contribution >= 4 is 0 Å². The Bertz CT molecular complexity index is 187. The molecule has 2 N–H and O–H groups in total. The molecule has 1 saturated heterocycles. The molecule has 2 heteroatoms. The van der Waals surface area contributed by atoms with Gasteiger partial charge in [-0.05, 0) is 44.1 Å². The fourth-order valence-electron chi connectivity index (χ4n) is 2.78. The van der Waals surface area contributed by atoms with Crippen molar-refractivity contribution in [2.75, 3.05) is 13.1 Å². The summed E-state index contributed by atoms with van der Waals surface area (Å²) < 4.78 is 0. The predicted molar refractivity (Wildman–Crippen MR) is 60.1 cm³/mol. The van der Waals surface area contributed by atoms with Gasteiger partial charge >= 0.3 is 0 Å². The van der Waals surface area contributed by atoms with Crippen LogP contribution in [0.15, 0.2) is 0 Å². The van der Waals surface area contributed by atoms with E-state index in [1.165, 1.54) is 32.2 Å². The number of nitrogens with two attached hydrogens (primary N) is 1. The van der Waals surface area contributed by atoms with Crippen LogP contribution in [-0.4, -0.2) is 30.1 Å². The Balaban J connectivity index is 1.83. The van der Waals surface area contributed by atoms with Gasteiger partial charge < -0.3 is 5.73 Å². The number of rotatable bonds is 4. The minimum absolute atomic E-state index is 0.453. The number of likely N-dealkylation sites (tertiary alicyclic amines) is 1. The van der Waals surface area contributed by atoms with Crippen LogP contribution >= 0.6 is 0 Å². The minimum Gasteiger partial charge on any atom is -0.326 e. The third-order valence-electron chi connectivity index (χ3n) is 3.86. The van der Waals surface area contributed by atoms with E-state index in [4.69, 9.17) is 5.73 Å². The lowest BCUT2D eigenvalue weighted by atomic mass is 10.0. The topological polar surface area (TPSA) is 29.3 Å². The Hall–Kier alpha value is -0.0800. The third kappa shape index (κ3) is 2.29. The highest BCUT2D eigenvalue weighted by Crippen LogP contribution is 2.33. The summed E-state index contributed by atoms with van der Waals surface area (Å²) in [5.74, 6) is 1.65. The van der Waals surface area contributed by atoms with E-state index in [0.717, 1.165) is 24.4 Å². The number of hydrogen-bond donors (Lipinski definition) is 1. The average Bonchev–Trinajstić information content (AvgIpc) is 2.87. The van der Waals surface area contributed by atoms with Crippen LogP contribution in [0.2, 0.25) is 0 Å². The van der Waals surface area contributed by atoms with E-state index < -0.39 is 0 Å². The molecule has 1 aliphatic heterocycles. The van der Waals surface area contributed by atoms with Crippen LogP contribution in [0.4, 0.5) is 0 Å². The van der Waals surface area contributed by atoms with Gasteiger partial charge in [0.1, 0.15) is 0 Å². The Morgan fingerprint density at radius 3 is 2.57 bits per heavy atom. The lowest BCUT2D eigenvalue weighted by Crippen LogP contribution is -2.43. The minimum atomic E-state index is 0.453. The second-order valence-electron chi connectivity index (χ2n) is 5.45. The summed E-state index contributed by atoms with van der Waals surface area (Å²) in [4.78, 5) is 2.63. The maximum Gasteiger partial charge on any atom is 0.0196 e. The Labute approximate surface area is 87.8 Å². The summed E-state index contributed by atoms with van der Waals surface area (Å²) in [7, 11) is 0. The summed E-state index contributed by atoms with van der Waals surface area (Å²) in [6.07, 6.45) is 5.51. The largest absolute Gasteiger partial charge is 0.326 e. The smallest absolute Gasteiger partial charge is 0.0196 e. The summed E-state index contributed by atoms with van der Waals surface area (Å²) >= 11 is 0. The maximum atomic E-state index is 6.18. The first kappa shape index (κ1) is 10.4. The zero-order valence-electron chi connectivity index (χ0n) is 9.58. The quantitative estimate of drug-likeness (QED) is 0.743. The highest BCUT2D eigenvalue weighted by Gasteiger charge is 2.33. The molecule has 0 aromatic rings. The van der Waals surface area contributed by atoms with E-state index in [1.807, 2.05) is 0 Å². The molecule has 0 aromatic carbocycles. The maximum absolute atomic E-state index is 6.18. The van der Waals surface area contributed by atoms with Gasteiger partial charge in [-0.1, -0.05) is 13.8 Å². The van der Waals surface area contributed by atoms with Crippen LogP contribution in [0, 0.1) is 11.8 Å². The molecule has 0 aromatic heterocycles. The summed E-state index contributed by atoms with van der Waals surface area (Å²) in [5, 5.41) is 0. The third-order valence-corrected chi connectivity index (χ3v) is 3.86. The van der Waals surface area contributed by atoms with Crippen molar-refractivity contribution in [3.8, 4) is 0 Å². The molecule has 0 spiro atoms. The second-order valence-corrected chi connectivity index (χ2v) is 5.45. The lowest BCUT2D eigenvalue weighted by molar-refractivity contribution is 0.190. The van der Waals surface area contributed by atoms with E-state index >= 15 is 0 Å². The van der Waals surface area contributed by atoms with E-state index in [-0.39, 0.29) is 0 Å². The molecule has 2 unspecified atom stereocenters. The van der Waals surface area contributed by atoms with E-state index in [9.17, 15) is 0 Å². The standard InChI is InChI=1S/C12H24N2/c1-9(2)12-4-3-7-14(12)8-11(13)10-5-6-10/h9-12H,3-8,13H2,1-2H3. The molecule has 2 nitrogen and oxygen atoms in total. The molecule has 1 heterocycles. The van der Waals surface area contributed by atoms with Crippen LogP contribution < -0.4 is 5.73 Å². The van der Waals surface area contributed by atoms with Gasteiger partial charge in [0.2, 0.25) is 0 Å². The molecule has 14 heavy (non-hydrogen) atoms. The Morgan fingerprint density at radius 2 is 2.00 bits per heavy atom. The first-order chi connectivity index (χ1) is 6.68. The normalized spacial score (nSPS) is 31.3. The van der Waals surface area contributed by atoms with Crippen molar-refractivity contribution in [3.63, 3.8) is 0 Å². The molecule has 1 saturated carbocycles. The molecule has 0 radical (unpaired) electrons. The zero-order chi connectivity index (χ0) is 10.1. The van der Waals surface area contributed by atoms with Crippen LogP contribution in [0.25, 0.3) is 0 Å². The first-order valence-corrected chi connectivity index (χ1v) is 6.18. The van der Waals surface area contributed by atoms with Crippen molar-refractivity contribution in [2.45, 2.75) is 51.6 Å². The van der Waals surface area contributed by atoms with Gasteiger partial charge in [0.25, 0.3) is 0 Å². The number of hydrogen-bond acceptors (Lipinski definition) is 2. The van der Waals surface area contributed by atoms with Crippen LogP contribution in [-0.2, 0) is 0 Å². The van der Waals surface area contributed by atoms with Gasteiger partial charge in [0.15, 0.2) is 0 Å².